The second-order valence-corrected chi connectivity index (χ2v) is 11.3. The molecule has 1 aliphatic heterocycles. The van der Waals surface area contributed by atoms with Gasteiger partial charge in [-0.05, 0) is 70.9 Å². The van der Waals surface area contributed by atoms with E-state index >= 15 is 0 Å². The van der Waals surface area contributed by atoms with E-state index in [1.54, 1.807) is 29.9 Å². The number of hydrogen-bond donors (Lipinski definition) is 1. The van der Waals surface area contributed by atoms with E-state index in [2.05, 4.69) is 26.2 Å². The fraction of sp³-hybridized carbons (Fsp3) is 0.115. The molecule has 0 saturated heterocycles. The zero-order chi connectivity index (χ0) is 24.5. The average molecular weight is 567 g/mol. The van der Waals surface area contributed by atoms with E-state index in [-0.39, 0.29) is 11.5 Å². The van der Waals surface area contributed by atoms with Gasteiger partial charge in [-0.15, -0.1) is 11.3 Å². The lowest BCUT2D eigenvalue weighted by molar-refractivity contribution is -0.113. The molecule has 35 heavy (non-hydrogen) atoms. The summed E-state index contributed by atoms with van der Waals surface area (Å²) < 4.78 is 8.59. The third kappa shape index (κ3) is 4.67. The summed E-state index contributed by atoms with van der Waals surface area (Å²) in [5.74, 6) is 0.340. The number of fused-ring (bicyclic) bond motifs is 1. The standard InChI is InChI=1S/C26H20BrN3O3S2/c1-15-22(24(31)29-17-8-4-3-5-9-17)23(16-7-6-10-18(13-16)33-2)30-25(32)20(35-26(30)28-15)14-19-11-12-21(27)34-19/h3-14,23H,1-2H3,(H,29,31)/b20-14+/t23-/m1/s1. The molecule has 6 nitrogen and oxygen atoms in total. The van der Waals surface area contributed by atoms with Gasteiger partial charge in [0.25, 0.3) is 11.5 Å². The molecule has 0 spiro atoms. The number of methoxy groups -OCH3 is 1. The number of hydrogen-bond acceptors (Lipinski definition) is 6. The number of allylic oxidation sites excluding steroid dienone is 1. The minimum Gasteiger partial charge on any atom is -0.497 e. The number of benzene rings is 2. The van der Waals surface area contributed by atoms with E-state index < -0.39 is 6.04 Å². The molecular weight excluding hydrogens is 546 g/mol. The van der Waals surface area contributed by atoms with Crippen molar-refractivity contribution >= 4 is 56.3 Å². The highest BCUT2D eigenvalue weighted by atomic mass is 79.9. The number of rotatable bonds is 5. The molecule has 0 bridgehead atoms. The maximum absolute atomic E-state index is 13.7. The molecule has 9 heteroatoms. The Hall–Kier alpha value is -3.27. The Bertz CT molecular complexity index is 1630. The van der Waals surface area contributed by atoms with Crippen molar-refractivity contribution in [3.63, 3.8) is 0 Å². The number of nitrogens with zero attached hydrogens (tertiary/aromatic N) is 2. The maximum atomic E-state index is 13.7. The first kappa shape index (κ1) is 23.5. The Labute approximate surface area is 217 Å². The minimum atomic E-state index is -0.651. The van der Waals surface area contributed by atoms with Crippen molar-refractivity contribution in [3.05, 3.63) is 112 Å². The van der Waals surface area contributed by atoms with E-state index in [1.807, 2.05) is 72.8 Å². The highest BCUT2D eigenvalue weighted by Crippen LogP contribution is 2.32. The first-order valence-corrected chi connectivity index (χ1v) is 13.2. The Morgan fingerprint density at radius 2 is 1.91 bits per heavy atom. The predicted octanol–water partition coefficient (Wildman–Crippen LogP) is 4.71. The Morgan fingerprint density at radius 3 is 2.63 bits per heavy atom. The monoisotopic (exact) mass is 565 g/mol. The van der Waals surface area contributed by atoms with Crippen LogP contribution in [0.25, 0.3) is 6.08 Å². The van der Waals surface area contributed by atoms with Gasteiger partial charge in [-0.1, -0.05) is 41.7 Å². The number of halogens is 1. The largest absolute Gasteiger partial charge is 0.497 e. The van der Waals surface area contributed by atoms with Gasteiger partial charge >= 0.3 is 0 Å². The van der Waals surface area contributed by atoms with Crippen LogP contribution in [0.2, 0.25) is 0 Å². The highest BCUT2D eigenvalue weighted by Gasteiger charge is 2.32. The number of amides is 1. The lowest BCUT2D eigenvalue weighted by Gasteiger charge is -2.25. The van der Waals surface area contributed by atoms with E-state index in [1.165, 1.54) is 11.3 Å². The van der Waals surface area contributed by atoms with Crippen molar-refractivity contribution < 1.29 is 9.53 Å². The first-order valence-electron chi connectivity index (χ1n) is 10.7. The van der Waals surface area contributed by atoms with Gasteiger partial charge in [0.15, 0.2) is 4.80 Å². The molecule has 1 aliphatic rings. The molecule has 3 heterocycles. The van der Waals surface area contributed by atoms with Crippen molar-refractivity contribution in [1.29, 1.82) is 0 Å². The number of para-hydroxylation sites is 1. The summed E-state index contributed by atoms with van der Waals surface area (Å²) in [4.78, 5) is 33.4. The van der Waals surface area contributed by atoms with Crippen molar-refractivity contribution in [2.24, 2.45) is 4.99 Å². The Morgan fingerprint density at radius 1 is 1.11 bits per heavy atom. The summed E-state index contributed by atoms with van der Waals surface area (Å²) in [5, 5.41) is 2.96. The molecule has 176 valence electrons. The predicted molar refractivity (Wildman–Crippen MR) is 144 cm³/mol. The molecule has 5 rings (SSSR count). The smallest absolute Gasteiger partial charge is 0.271 e. The van der Waals surface area contributed by atoms with Crippen LogP contribution in [0.1, 0.15) is 23.4 Å². The molecule has 2 aromatic heterocycles. The van der Waals surface area contributed by atoms with Crippen LogP contribution >= 0.6 is 38.6 Å². The van der Waals surface area contributed by atoms with Crippen molar-refractivity contribution in [1.82, 2.24) is 4.57 Å². The molecule has 1 amide bonds. The Kier molecular flexibility index (Phi) is 6.55. The second kappa shape index (κ2) is 9.77. The first-order chi connectivity index (χ1) is 16.9. The molecule has 1 atom stereocenters. The van der Waals surface area contributed by atoms with Crippen molar-refractivity contribution in [2.75, 3.05) is 12.4 Å². The molecule has 2 aromatic carbocycles. The molecule has 1 N–H and O–H groups in total. The summed E-state index contributed by atoms with van der Waals surface area (Å²) in [6, 6.07) is 19.9. The number of carbonyl (C=O) groups is 1. The molecule has 0 unspecified atom stereocenters. The maximum Gasteiger partial charge on any atom is 0.271 e. The number of ether oxygens (including phenoxy) is 1. The van der Waals surface area contributed by atoms with Crippen LogP contribution in [0, 0.1) is 0 Å². The van der Waals surface area contributed by atoms with Crippen LogP contribution in [0.5, 0.6) is 5.75 Å². The third-order valence-corrected chi connectivity index (χ3v) is 8.13. The van der Waals surface area contributed by atoms with Crippen molar-refractivity contribution in [2.45, 2.75) is 13.0 Å². The number of thiazole rings is 1. The lowest BCUT2D eigenvalue weighted by Crippen LogP contribution is -2.40. The van der Waals surface area contributed by atoms with E-state index in [0.717, 1.165) is 14.2 Å². The third-order valence-electron chi connectivity index (χ3n) is 5.57. The van der Waals surface area contributed by atoms with Gasteiger partial charge in [0.1, 0.15) is 5.75 Å². The summed E-state index contributed by atoms with van der Waals surface area (Å²) in [6.45, 7) is 1.81. The van der Waals surface area contributed by atoms with E-state index in [4.69, 9.17) is 4.74 Å². The Balaban J connectivity index is 1.69. The second-order valence-electron chi connectivity index (χ2n) is 7.82. The fourth-order valence-electron chi connectivity index (χ4n) is 3.99. The van der Waals surface area contributed by atoms with Gasteiger partial charge in [-0.25, -0.2) is 4.99 Å². The van der Waals surface area contributed by atoms with E-state index in [0.29, 0.717) is 32.0 Å². The van der Waals surface area contributed by atoms with Gasteiger partial charge in [0.05, 0.1) is 32.7 Å². The zero-order valence-electron chi connectivity index (χ0n) is 18.8. The minimum absolute atomic E-state index is 0.191. The molecule has 0 fully saturated rings. The summed E-state index contributed by atoms with van der Waals surface area (Å²) >= 11 is 6.33. The summed E-state index contributed by atoms with van der Waals surface area (Å²) in [7, 11) is 1.59. The van der Waals surface area contributed by atoms with Crippen molar-refractivity contribution in [3.8, 4) is 5.75 Å². The molecular formula is C26H20BrN3O3S2. The van der Waals surface area contributed by atoms with Crippen LogP contribution in [0.4, 0.5) is 5.69 Å². The normalized spacial score (nSPS) is 15.5. The SMILES string of the molecule is COc1cccc([C@@H]2C(C(=O)Nc3ccccc3)=C(C)N=c3s/c(=C/c4ccc(Br)s4)c(=O)n32)c1. The van der Waals surface area contributed by atoms with E-state index in [9.17, 15) is 9.59 Å². The molecule has 0 saturated carbocycles. The van der Waals surface area contributed by atoms with Crippen LogP contribution in [-0.2, 0) is 4.79 Å². The number of anilines is 1. The van der Waals surface area contributed by atoms with Gasteiger partial charge in [-0.2, -0.15) is 0 Å². The quantitative estimate of drug-likeness (QED) is 0.381. The zero-order valence-corrected chi connectivity index (χ0v) is 22.0. The fourth-order valence-corrected chi connectivity index (χ4v) is 6.47. The molecule has 0 aliphatic carbocycles. The van der Waals surface area contributed by atoms with Gasteiger partial charge in [0.2, 0.25) is 0 Å². The van der Waals surface area contributed by atoms with Crippen LogP contribution in [0.3, 0.4) is 0 Å². The number of thiophene rings is 1. The molecule has 4 aromatic rings. The molecule has 0 radical (unpaired) electrons. The van der Waals surface area contributed by atoms with Crippen LogP contribution < -0.4 is 24.9 Å². The average Bonchev–Trinajstić information content (AvgIpc) is 3.40. The topological polar surface area (TPSA) is 72.7 Å². The van der Waals surface area contributed by atoms with Gasteiger partial charge < -0.3 is 10.1 Å². The highest BCUT2D eigenvalue weighted by molar-refractivity contribution is 9.11. The number of nitrogens with one attached hydrogen (secondary N) is 1. The van der Waals surface area contributed by atoms with Crippen LogP contribution in [-0.4, -0.2) is 17.6 Å². The number of carbonyl (C=O) groups excluding carboxylic acids is 1. The number of aromatic nitrogens is 1. The van der Waals surface area contributed by atoms with Gasteiger partial charge in [-0.3, -0.25) is 14.2 Å². The summed E-state index contributed by atoms with van der Waals surface area (Å²) in [5.41, 5.74) is 2.23. The van der Waals surface area contributed by atoms with Gasteiger partial charge in [0, 0.05) is 10.6 Å². The summed E-state index contributed by atoms with van der Waals surface area (Å²) in [6.07, 6.45) is 1.87. The van der Waals surface area contributed by atoms with Crippen LogP contribution in [0.15, 0.2) is 91.6 Å². The lowest BCUT2D eigenvalue weighted by atomic mass is 9.95.